The Morgan fingerprint density at radius 2 is 1.88 bits per heavy atom. The van der Waals surface area contributed by atoms with E-state index in [2.05, 4.69) is 0 Å². The summed E-state index contributed by atoms with van der Waals surface area (Å²) in [6, 6.07) is 3.86. The van der Waals surface area contributed by atoms with Gasteiger partial charge in [-0.1, -0.05) is 13.0 Å². The van der Waals surface area contributed by atoms with Crippen LogP contribution in [0.3, 0.4) is 0 Å². The molecule has 0 saturated heterocycles. The maximum atomic E-state index is 11.8. The molecule has 0 atom stereocenters. The second-order valence-electron chi connectivity index (χ2n) is 4.26. The molecule has 16 heavy (non-hydrogen) atoms. The van der Waals surface area contributed by atoms with Gasteiger partial charge in [0.2, 0.25) is 0 Å². The summed E-state index contributed by atoms with van der Waals surface area (Å²) in [7, 11) is 0. The lowest BCUT2D eigenvalue weighted by Crippen LogP contribution is -2.30. The van der Waals surface area contributed by atoms with Gasteiger partial charge in [-0.25, -0.2) is 0 Å². The molecule has 3 heteroatoms. The van der Waals surface area contributed by atoms with Crippen LogP contribution >= 0.6 is 0 Å². The van der Waals surface area contributed by atoms with Crippen LogP contribution in [0.2, 0.25) is 0 Å². The zero-order chi connectivity index (χ0) is 11.9. The number of fused-ring (bicyclic) bond motifs is 1. The highest BCUT2D eigenvalue weighted by atomic mass is 16.2. The van der Waals surface area contributed by atoms with Gasteiger partial charge in [-0.05, 0) is 37.5 Å². The number of hydrogen-bond acceptors (Lipinski definition) is 2. The number of carbonyl (C=O) groups excluding carboxylic acids is 2. The maximum Gasteiger partial charge on any atom is 0.299 e. The third kappa shape index (κ3) is 1.43. The molecule has 0 bridgehead atoms. The van der Waals surface area contributed by atoms with Gasteiger partial charge in [-0.15, -0.1) is 0 Å². The van der Waals surface area contributed by atoms with E-state index >= 15 is 0 Å². The first-order valence-corrected chi connectivity index (χ1v) is 5.53. The molecule has 1 amide bonds. The Balaban J connectivity index is 2.60. The summed E-state index contributed by atoms with van der Waals surface area (Å²) < 4.78 is 0. The molecule has 3 nitrogen and oxygen atoms in total. The molecule has 1 aromatic rings. The third-order valence-electron chi connectivity index (χ3n) is 2.86. The summed E-state index contributed by atoms with van der Waals surface area (Å²) in [4.78, 5) is 25.2. The zero-order valence-corrected chi connectivity index (χ0v) is 9.83. The molecule has 1 heterocycles. The van der Waals surface area contributed by atoms with E-state index in [1.165, 1.54) is 0 Å². The molecule has 0 aromatic heterocycles. The zero-order valence-electron chi connectivity index (χ0n) is 9.83. The number of benzene rings is 1. The van der Waals surface area contributed by atoms with E-state index in [9.17, 15) is 9.59 Å². The van der Waals surface area contributed by atoms with Gasteiger partial charge in [-0.3, -0.25) is 9.59 Å². The monoisotopic (exact) mass is 217 g/mol. The molecule has 0 saturated carbocycles. The van der Waals surface area contributed by atoms with Gasteiger partial charge in [-0.2, -0.15) is 0 Å². The second-order valence-corrected chi connectivity index (χ2v) is 4.26. The van der Waals surface area contributed by atoms with Crippen LogP contribution in [0, 0.1) is 13.8 Å². The Morgan fingerprint density at radius 3 is 2.50 bits per heavy atom. The van der Waals surface area contributed by atoms with Crippen molar-refractivity contribution in [2.45, 2.75) is 27.2 Å². The van der Waals surface area contributed by atoms with Crippen molar-refractivity contribution in [2.24, 2.45) is 0 Å². The normalized spacial score (nSPS) is 14.6. The van der Waals surface area contributed by atoms with E-state index in [0.717, 1.165) is 23.2 Å². The van der Waals surface area contributed by atoms with Crippen molar-refractivity contribution in [3.8, 4) is 0 Å². The first kappa shape index (κ1) is 10.9. The minimum Gasteiger partial charge on any atom is -0.305 e. The molecular formula is C13H15NO2. The lowest BCUT2D eigenvalue weighted by Gasteiger charge is -2.15. The van der Waals surface area contributed by atoms with Crippen LogP contribution in [0.1, 0.15) is 34.8 Å². The third-order valence-corrected chi connectivity index (χ3v) is 2.86. The molecule has 1 aromatic carbocycles. The fraction of sp³-hybridized carbons (Fsp3) is 0.385. The Kier molecular flexibility index (Phi) is 2.54. The van der Waals surface area contributed by atoms with Crippen LogP contribution in [0.15, 0.2) is 12.1 Å². The standard InChI is InChI=1S/C13H15NO2/c1-4-5-14-10-7-8(2)6-9(3)11(10)12(15)13(14)16/h6-7H,4-5H2,1-3H3. The van der Waals surface area contributed by atoms with E-state index in [1.54, 1.807) is 4.90 Å². The highest BCUT2D eigenvalue weighted by Crippen LogP contribution is 2.32. The summed E-state index contributed by atoms with van der Waals surface area (Å²) in [5, 5.41) is 0. The molecule has 0 fully saturated rings. The van der Waals surface area contributed by atoms with Crippen molar-refractivity contribution < 1.29 is 9.59 Å². The highest BCUT2D eigenvalue weighted by Gasteiger charge is 2.36. The lowest BCUT2D eigenvalue weighted by atomic mass is 10.0. The van der Waals surface area contributed by atoms with Crippen molar-refractivity contribution in [3.63, 3.8) is 0 Å². The Bertz CT molecular complexity index is 477. The number of carbonyl (C=O) groups is 2. The number of nitrogens with zero attached hydrogens (tertiary/aromatic N) is 1. The van der Waals surface area contributed by atoms with Crippen LogP contribution < -0.4 is 4.90 Å². The molecular weight excluding hydrogens is 202 g/mol. The maximum absolute atomic E-state index is 11.8. The first-order chi connectivity index (χ1) is 7.56. The van der Waals surface area contributed by atoms with E-state index in [0.29, 0.717) is 12.1 Å². The number of amides is 1. The predicted octanol–water partition coefficient (Wildman–Crippen LogP) is 2.24. The van der Waals surface area contributed by atoms with E-state index < -0.39 is 0 Å². The molecule has 84 valence electrons. The van der Waals surface area contributed by atoms with Crippen LogP contribution in [-0.2, 0) is 4.79 Å². The van der Waals surface area contributed by atoms with Crippen molar-refractivity contribution >= 4 is 17.4 Å². The van der Waals surface area contributed by atoms with Crippen molar-refractivity contribution in [1.29, 1.82) is 0 Å². The average molecular weight is 217 g/mol. The molecule has 0 spiro atoms. The highest BCUT2D eigenvalue weighted by molar-refractivity contribution is 6.52. The van der Waals surface area contributed by atoms with Crippen LogP contribution in [0.4, 0.5) is 5.69 Å². The smallest absolute Gasteiger partial charge is 0.299 e. The summed E-state index contributed by atoms with van der Waals surface area (Å²) in [5.74, 6) is -0.744. The van der Waals surface area contributed by atoms with Crippen molar-refractivity contribution in [2.75, 3.05) is 11.4 Å². The van der Waals surface area contributed by atoms with Gasteiger partial charge in [0, 0.05) is 6.54 Å². The topological polar surface area (TPSA) is 37.4 Å². The number of hydrogen-bond donors (Lipinski definition) is 0. The molecule has 1 aliphatic rings. The fourth-order valence-electron chi connectivity index (χ4n) is 2.24. The van der Waals surface area contributed by atoms with E-state index in [-0.39, 0.29) is 11.7 Å². The molecule has 1 aliphatic heterocycles. The number of rotatable bonds is 2. The number of aryl methyl sites for hydroxylation is 2. The molecule has 2 rings (SSSR count). The van der Waals surface area contributed by atoms with Crippen molar-refractivity contribution in [1.82, 2.24) is 0 Å². The average Bonchev–Trinajstić information content (AvgIpc) is 2.44. The lowest BCUT2D eigenvalue weighted by molar-refractivity contribution is -0.114. The first-order valence-electron chi connectivity index (χ1n) is 5.53. The van der Waals surface area contributed by atoms with Gasteiger partial charge < -0.3 is 4.90 Å². The van der Waals surface area contributed by atoms with Crippen molar-refractivity contribution in [3.05, 3.63) is 28.8 Å². The van der Waals surface area contributed by atoms with Crippen LogP contribution in [-0.4, -0.2) is 18.2 Å². The van der Waals surface area contributed by atoms with Gasteiger partial charge >= 0.3 is 0 Å². The van der Waals surface area contributed by atoms with Gasteiger partial charge in [0.15, 0.2) is 0 Å². The number of Topliss-reactive ketones (excluding diaryl/α,β-unsaturated/α-hetero) is 1. The summed E-state index contributed by atoms with van der Waals surface area (Å²) in [5.41, 5.74) is 3.35. The Morgan fingerprint density at radius 1 is 1.19 bits per heavy atom. The van der Waals surface area contributed by atoms with Gasteiger partial charge in [0.05, 0.1) is 11.3 Å². The number of anilines is 1. The largest absolute Gasteiger partial charge is 0.305 e. The molecule has 0 aliphatic carbocycles. The Hall–Kier alpha value is -1.64. The van der Waals surface area contributed by atoms with Crippen LogP contribution in [0.25, 0.3) is 0 Å². The summed E-state index contributed by atoms with van der Waals surface area (Å²) in [6.45, 7) is 6.47. The van der Waals surface area contributed by atoms with Gasteiger partial charge in [0.1, 0.15) is 0 Å². The summed E-state index contributed by atoms with van der Waals surface area (Å²) in [6.07, 6.45) is 0.853. The SMILES string of the molecule is CCCN1C(=O)C(=O)c2c(C)cc(C)cc21. The summed E-state index contributed by atoms with van der Waals surface area (Å²) >= 11 is 0. The van der Waals surface area contributed by atoms with Gasteiger partial charge in [0.25, 0.3) is 11.7 Å². The van der Waals surface area contributed by atoms with E-state index in [4.69, 9.17) is 0 Å². The second kappa shape index (κ2) is 3.74. The minimum absolute atomic E-state index is 0.360. The molecule has 0 unspecified atom stereocenters. The fourth-order valence-corrected chi connectivity index (χ4v) is 2.24. The number of ketones is 1. The van der Waals surface area contributed by atoms with Crippen LogP contribution in [0.5, 0.6) is 0 Å². The van der Waals surface area contributed by atoms with E-state index in [1.807, 2.05) is 32.9 Å². The molecule has 0 N–H and O–H groups in total. The molecule has 0 radical (unpaired) electrons. The Labute approximate surface area is 95.1 Å². The minimum atomic E-state index is -0.384. The predicted molar refractivity (Wildman–Crippen MR) is 62.9 cm³/mol. The quantitative estimate of drug-likeness (QED) is 0.712.